The molecule has 7 fully saturated rings. The molecular formula is C40H62N2O4. The first-order chi connectivity index (χ1) is 22.2. The zero-order chi connectivity index (χ0) is 31.8. The molecule has 4 saturated carbocycles. The third-order valence-corrected chi connectivity index (χ3v) is 15.9. The molecule has 3 aliphatic heterocycles. The second kappa shape index (κ2) is 12.0. The van der Waals surface area contributed by atoms with Crippen LogP contribution in [0, 0.1) is 57.7 Å². The third-order valence-electron chi connectivity index (χ3n) is 15.9. The molecule has 3 saturated heterocycles. The number of carbonyl (C=O) groups is 2. The van der Waals surface area contributed by atoms with Crippen molar-refractivity contribution >= 4 is 12.3 Å². The van der Waals surface area contributed by atoms with Crippen LogP contribution in [-0.2, 0) is 14.3 Å². The summed E-state index contributed by atoms with van der Waals surface area (Å²) in [7, 11) is 0. The Kier molecular flexibility index (Phi) is 8.32. The summed E-state index contributed by atoms with van der Waals surface area (Å²) >= 11 is 0. The average molecular weight is 635 g/mol. The minimum atomic E-state index is -1.13. The average Bonchev–Trinajstić information content (AvgIpc) is 3.90. The van der Waals surface area contributed by atoms with E-state index in [1.54, 1.807) is 0 Å². The summed E-state index contributed by atoms with van der Waals surface area (Å²) in [5.74, 6) is 1.93. The van der Waals surface area contributed by atoms with Gasteiger partial charge in [0.25, 0.3) is 0 Å². The van der Waals surface area contributed by atoms with Crippen LogP contribution in [0.1, 0.15) is 117 Å². The lowest BCUT2D eigenvalue weighted by Crippen LogP contribution is -2.65. The van der Waals surface area contributed by atoms with Crippen LogP contribution in [0.15, 0.2) is 11.6 Å². The van der Waals surface area contributed by atoms with E-state index in [1.165, 1.54) is 96.7 Å². The van der Waals surface area contributed by atoms with Crippen molar-refractivity contribution in [3.8, 4) is 0 Å². The van der Waals surface area contributed by atoms with Gasteiger partial charge < -0.3 is 19.5 Å². The maximum absolute atomic E-state index is 14.2. The number of rotatable bonds is 10. The molecule has 0 aromatic carbocycles. The molecule has 0 radical (unpaired) electrons. The van der Waals surface area contributed by atoms with Gasteiger partial charge in [-0.05, 0) is 119 Å². The Hall–Kier alpha value is -1.24. The van der Waals surface area contributed by atoms with Crippen molar-refractivity contribution < 1.29 is 19.4 Å². The number of nitrogens with zero attached hydrogens (tertiary/aromatic N) is 2. The van der Waals surface area contributed by atoms with E-state index in [1.807, 2.05) is 0 Å². The van der Waals surface area contributed by atoms with Crippen molar-refractivity contribution in [2.45, 2.75) is 135 Å². The summed E-state index contributed by atoms with van der Waals surface area (Å²) in [5.41, 5.74) is -1.39. The van der Waals surface area contributed by atoms with E-state index >= 15 is 0 Å². The molecule has 5 aliphatic carbocycles. The topological polar surface area (TPSA) is 70.1 Å². The fraction of sp³-hybridized carbons (Fsp3) is 0.900. The Morgan fingerprint density at radius 2 is 1.78 bits per heavy atom. The molecule has 0 spiro atoms. The molecule has 4 unspecified atom stereocenters. The van der Waals surface area contributed by atoms with E-state index in [9.17, 15) is 14.7 Å². The van der Waals surface area contributed by atoms with Crippen molar-refractivity contribution in [1.82, 2.24) is 9.80 Å². The summed E-state index contributed by atoms with van der Waals surface area (Å²) in [5, 5.41) is 11.6. The van der Waals surface area contributed by atoms with Crippen LogP contribution < -0.4 is 0 Å². The van der Waals surface area contributed by atoms with Crippen LogP contribution in [0.2, 0.25) is 0 Å². The van der Waals surface area contributed by atoms with Gasteiger partial charge in [0.05, 0.1) is 17.6 Å². The summed E-state index contributed by atoms with van der Waals surface area (Å²) in [6.45, 7) is 12.6. The molecule has 6 nitrogen and oxygen atoms in total. The minimum absolute atomic E-state index is 0.0868. The molecule has 8 aliphatic rings. The lowest BCUT2D eigenvalue weighted by molar-refractivity contribution is -0.197. The number of hydrogen-bond donors (Lipinski definition) is 1. The molecule has 4 bridgehead atoms. The smallest absolute Gasteiger partial charge is 0.315 e. The largest absolute Gasteiger partial charge is 0.481 e. The molecule has 8 rings (SSSR count). The number of aldehydes is 1. The Morgan fingerprint density at radius 1 is 1.00 bits per heavy atom. The standard InChI is InChI=1S/C40H62N2O4/c1-26(2)34-20-30-21-38(25-43)33-14-13-27(3)32(33)22-39(30,40(34,38)37(44)45)36-19-29(18-28-10-5-6-11-28)35(46-36)24-42-17-9-12-31(42)23-41-15-7-4-8-16-41/h20,25-33,35-36H,4-19,21-24H2,1-3H3,(H,44,45)/t27-,29-,30?,31?,32-,33-,35+,36-,38?,39?,40+/m1/s1. The number of fused-ring (bicyclic) bond motifs is 2. The SMILES string of the molecule is CC(C)C1=CC2CC3(C=O)[C@@H]4CC[C@@H](C)[C@H]4CC2([C@H]2C[C@@H](CC4CCCC4)[C@H](CN4CCCC4CN4CCCCC4)O2)[C@]13C(=O)O. The fourth-order valence-corrected chi connectivity index (χ4v) is 14.1. The summed E-state index contributed by atoms with van der Waals surface area (Å²) in [6, 6.07) is 0.616. The van der Waals surface area contributed by atoms with Gasteiger partial charge in [-0.3, -0.25) is 9.69 Å². The summed E-state index contributed by atoms with van der Waals surface area (Å²) in [6.07, 6.45) is 21.7. The van der Waals surface area contributed by atoms with E-state index < -0.39 is 22.2 Å². The number of aliphatic carboxylic acids is 1. The van der Waals surface area contributed by atoms with Crippen molar-refractivity contribution in [2.24, 2.45) is 57.7 Å². The molecule has 1 N–H and O–H groups in total. The van der Waals surface area contributed by atoms with Crippen molar-refractivity contribution in [1.29, 1.82) is 0 Å². The van der Waals surface area contributed by atoms with Gasteiger partial charge in [0.15, 0.2) is 0 Å². The second-order valence-corrected chi connectivity index (χ2v) is 18.1. The van der Waals surface area contributed by atoms with Crippen LogP contribution in [-0.4, -0.2) is 78.1 Å². The number of carboxylic acid groups (broad SMARTS) is 1. The summed E-state index contributed by atoms with van der Waals surface area (Å²) < 4.78 is 7.53. The lowest BCUT2D eigenvalue weighted by atomic mass is 9.41. The molecule has 6 heteroatoms. The monoisotopic (exact) mass is 634 g/mol. The Balaban J connectivity index is 1.15. The first kappa shape index (κ1) is 32.0. The van der Waals surface area contributed by atoms with Crippen LogP contribution >= 0.6 is 0 Å². The zero-order valence-electron chi connectivity index (χ0n) is 29.1. The highest BCUT2D eigenvalue weighted by molar-refractivity contribution is 5.90. The highest BCUT2D eigenvalue weighted by Crippen LogP contribution is 2.84. The van der Waals surface area contributed by atoms with Gasteiger partial charge in [-0.1, -0.05) is 70.9 Å². The van der Waals surface area contributed by atoms with Crippen molar-refractivity contribution in [2.75, 3.05) is 32.7 Å². The van der Waals surface area contributed by atoms with E-state index in [4.69, 9.17) is 4.74 Å². The van der Waals surface area contributed by atoms with Gasteiger partial charge in [-0.15, -0.1) is 0 Å². The molecule has 11 atom stereocenters. The predicted octanol–water partition coefficient (Wildman–Crippen LogP) is 7.22. The Morgan fingerprint density at radius 3 is 2.50 bits per heavy atom. The number of allylic oxidation sites excluding steroid dienone is 1. The van der Waals surface area contributed by atoms with E-state index in [0.29, 0.717) is 23.8 Å². The second-order valence-electron chi connectivity index (χ2n) is 18.1. The van der Waals surface area contributed by atoms with Crippen LogP contribution in [0.25, 0.3) is 0 Å². The van der Waals surface area contributed by atoms with Crippen molar-refractivity contribution in [3.63, 3.8) is 0 Å². The maximum Gasteiger partial charge on any atom is 0.315 e. The zero-order valence-corrected chi connectivity index (χ0v) is 29.1. The third kappa shape index (κ3) is 4.43. The molecule has 0 aromatic heterocycles. The summed E-state index contributed by atoms with van der Waals surface area (Å²) in [4.78, 5) is 33.3. The molecule has 0 aromatic rings. The van der Waals surface area contributed by atoms with E-state index in [-0.39, 0.29) is 30.0 Å². The number of piperidine rings is 1. The van der Waals surface area contributed by atoms with Gasteiger partial charge in [-0.2, -0.15) is 0 Å². The number of carbonyl (C=O) groups excluding carboxylic acids is 1. The fourth-order valence-electron chi connectivity index (χ4n) is 14.1. The number of carboxylic acids is 1. The van der Waals surface area contributed by atoms with E-state index in [0.717, 1.165) is 50.1 Å². The number of hydrogen-bond acceptors (Lipinski definition) is 5. The molecule has 46 heavy (non-hydrogen) atoms. The van der Waals surface area contributed by atoms with Crippen LogP contribution in [0.3, 0.4) is 0 Å². The molecule has 256 valence electrons. The first-order valence-corrected chi connectivity index (χ1v) is 19.8. The van der Waals surface area contributed by atoms with Gasteiger partial charge in [0, 0.05) is 24.5 Å². The van der Waals surface area contributed by atoms with E-state index in [2.05, 4.69) is 36.6 Å². The van der Waals surface area contributed by atoms with Gasteiger partial charge in [-0.25, -0.2) is 0 Å². The van der Waals surface area contributed by atoms with Gasteiger partial charge >= 0.3 is 5.97 Å². The molecular weight excluding hydrogens is 572 g/mol. The highest BCUT2D eigenvalue weighted by Gasteiger charge is 2.86. The quantitative estimate of drug-likeness (QED) is 0.202. The predicted molar refractivity (Wildman–Crippen MR) is 180 cm³/mol. The Bertz CT molecular complexity index is 1210. The Labute approximate surface area is 278 Å². The van der Waals surface area contributed by atoms with Crippen molar-refractivity contribution in [3.05, 3.63) is 11.6 Å². The normalized spacial score (nSPS) is 47.6. The maximum atomic E-state index is 14.2. The number of ether oxygens (including phenoxy) is 1. The van der Waals surface area contributed by atoms with Gasteiger partial charge in [0.1, 0.15) is 11.7 Å². The molecule has 3 heterocycles. The van der Waals surface area contributed by atoms with Gasteiger partial charge in [0.2, 0.25) is 0 Å². The number of likely N-dealkylation sites (tertiary alicyclic amines) is 2. The highest BCUT2D eigenvalue weighted by atomic mass is 16.5. The van der Waals surface area contributed by atoms with Crippen LogP contribution in [0.5, 0.6) is 0 Å². The lowest BCUT2D eigenvalue weighted by Gasteiger charge is -2.60. The van der Waals surface area contributed by atoms with Crippen LogP contribution in [0.4, 0.5) is 0 Å². The minimum Gasteiger partial charge on any atom is -0.481 e. The first-order valence-electron chi connectivity index (χ1n) is 19.8. The molecule has 0 amide bonds.